The van der Waals surface area contributed by atoms with Gasteiger partial charge in [0.15, 0.2) is 0 Å². The van der Waals surface area contributed by atoms with Gasteiger partial charge >= 0.3 is 0 Å². The SMILES string of the molecule is COc1ccc(OCCOCC(O)C[NH+]2CCOCC2)cc1.[Cl-]. The lowest BCUT2D eigenvalue weighted by atomic mass is 10.3. The Bertz CT molecular complexity index is 411. The fourth-order valence-electron chi connectivity index (χ4n) is 2.37. The molecule has 0 amide bonds. The molecular weight excluding hydrogens is 322 g/mol. The molecule has 1 aromatic rings. The monoisotopic (exact) mass is 347 g/mol. The number of methoxy groups -OCH3 is 1. The Kier molecular flexibility index (Phi) is 9.98. The maximum absolute atomic E-state index is 9.93. The first-order valence-corrected chi connectivity index (χ1v) is 7.72. The standard InChI is InChI=1S/C16H25NO5.ClH/c1-19-15-2-4-16(5-3-15)22-11-10-21-13-14(18)12-17-6-8-20-9-7-17;/h2-5,14,18H,6-13H2,1H3;1H. The summed E-state index contributed by atoms with van der Waals surface area (Å²) in [5, 5.41) is 9.93. The first-order valence-electron chi connectivity index (χ1n) is 7.72. The van der Waals surface area contributed by atoms with Gasteiger partial charge in [0.05, 0.1) is 33.5 Å². The van der Waals surface area contributed by atoms with Crippen LogP contribution in [0.3, 0.4) is 0 Å². The van der Waals surface area contributed by atoms with E-state index in [9.17, 15) is 5.11 Å². The number of nitrogens with one attached hydrogen (secondary N) is 1. The second-order valence-corrected chi connectivity index (χ2v) is 5.32. The minimum absolute atomic E-state index is 0. The van der Waals surface area contributed by atoms with E-state index in [-0.39, 0.29) is 12.4 Å². The van der Waals surface area contributed by atoms with Crippen LogP contribution in [-0.4, -0.2) is 71.0 Å². The topological polar surface area (TPSA) is 61.6 Å². The van der Waals surface area contributed by atoms with Crippen molar-refractivity contribution in [3.05, 3.63) is 24.3 Å². The summed E-state index contributed by atoms with van der Waals surface area (Å²) in [6.45, 7) is 5.44. The molecule has 0 spiro atoms. The zero-order chi connectivity index (χ0) is 15.6. The van der Waals surface area contributed by atoms with E-state index in [1.807, 2.05) is 24.3 Å². The molecule has 1 fully saturated rings. The van der Waals surface area contributed by atoms with Crippen molar-refractivity contribution in [3.63, 3.8) is 0 Å². The van der Waals surface area contributed by atoms with Crippen molar-refractivity contribution in [1.29, 1.82) is 0 Å². The van der Waals surface area contributed by atoms with Gasteiger partial charge in [-0.25, -0.2) is 0 Å². The van der Waals surface area contributed by atoms with Crippen LogP contribution in [0.25, 0.3) is 0 Å². The van der Waals surface area contributed by atoms with Crippen molar-refractivity contribution >= 4 is 0 Å². The van der Waals surface area contributed by atoms with Crippen molar-refractivity contribution in [3.8, 4) is 11.5 Å². The smallest absolute Gasteiger partial charge is 0.126 e. The van der Waals surface area contributed by atoms with Crippen LogP contribution >= 0.6 is 0 Å². The highest BCUT2D eigenvalue weighted by Crippen LogP contribution is 2.16. The van der Waals surface area contributed by atoms with Gasteiger partial charge in [-0.3, -0.25) is 0 Å². The molecule has 132 valence electrons. The van der Waals surface area contributed by atoms with E-state index in [1.165, 1.54) is 4.90 Å². The van der Waals surface area contributed by atoms with Gasteiger partial charge in [0.1, 0.15) is 43.8 Å². The van der Waals surface area contributed by atoms with E-state index in [1.54, 1.807) is 7.11 Å². The summed E-state index contributed by atoms with van der Waals surface area (Å²) in [6, 6.07) is 7.42. The van der Waals surface area contributed by atoms with Crippen molar-refractivity contribution in [2.24, 2.45) is 0 Å². The van der Waals surface area contributed by atoms with Gasteiger partial charge in [0.2, 0.25) is 0 Å². The molecular formula is C16H26ClNO5. The Hall–Kier alpha value is -1.05. The highest BCUT2D eigenvalue weighted by atomic mass is 35.5. The molecule has 23 heavy (non-hydrogen) atoms. The number of hydrogen-bond acceptors (Lipinski definition) is 5. The molecule has 1 heterocycles. The molecule has 2 N–H and O–H groups in total. The first kappa shape index (κ1) is 20.0. The number of morpholine rings is 1. The number of aliphatic hydroxyl groups excluding tert-OH is 1. The van der Waals surface area contributed by atoms with E-state index >= 15 is 0 Å². The van der Waals surface area contributed by atoms with Crippen molar-refractivity contribution in [2.45, 2.75) is 6.10 Å². The zero-order valence-electron chi connectivity index (χ0n) is 13.5. The summed E-state index contributed by atoms with van der Waals surface area (Å²) in [7, 11) is 1.63. The van der Waals surface area contributed by atoms with Gasteiger partial charge in [-0.2, -0.15) is 0 Å². The summed E-state index contributed by atoms with van der Waals surface area (Å²) in [6.07, 6.45) is -0.436. The summed E-state index contributed by atoms with van der Waals surface area (Å²) in [5.74, 6) is 1.58. The Labute approximate surface area is 143 Å². The fourth-order valence-corrected chi connectivity index (χ4v) is 2.37. The summed E-state index contributed by atoms with van der Waals surface area (Å²) >= 11 is 0. The second kappa shape index (κ2) is 11.5. The van der Waals surface area contributed by atoms with Gasteiger partial charge in [0, 0.05) is 0 Å². The van der Waals surface area contributed by atoms with Crippen LogP contribution in [0.1, 0.15) is 0 Å². The number of hydrogen-bond donors (Lipinski definition) is 2. The lowest BCUT2D eigenvalue weighted by molar-refractivity contribution is -0.911. The van der Waals surface area contributed by atoms with E-state index < -0.39 is 6.10 Å². The molecule has 2 rings (SSSR count). The minimum atomic E-state index is -0.436. The predicted molar refractivity (Wildman–Crippen MR) is 81.7 cm³/mol. The Morgan fingerprint density at radius 3 is 2.43 bits per heavy atom. The molecule has 0 aliphatic carbocycles. The lowest BCUT2D eigenvalue weighted by Gasteiger charge is -2.25. The van der Waals surface area contributed by atoms with Crippen LogP contribution in [0.15, 0.2) is 24.3 Å². The molecule has 0 aromatic heterocycles. The van der Waals surface area contributed by atoms with E-state index in [0.717, 1.165) is 37.8 Å². The molecule has 7 heteroatoms. The number of benzene rings is 1. The third kappa shape index (κ3) is 7.85. The highest BCUT2D eigenvalue weighted by molar-refractivity contribution is 5.31. The molecule has 0 bridgehead atoms. The van der Waals surface area contributed by atoms with Crippen LogP contribution in [0, 0.1) is 0 Å². The number of aliphatic hydroxyl groups is 1. The van der Waals surface area contributed by atoms with Crippen LogP contribution in [0.2, 0.25) is 0 Å². The summed E-state index contributed by atoms with van der Waals surface area (Å²) in [4.78, 5) is 1.37. The molecule has 0 saturated carbocycles. The van der Waals surface area contributed by atoms with Crippen molar-refractivity contribution in [1.82, 2.24) is 0 Å². The maximum Gasteiger partial charge on any atom is 0.126 e. The van der Waals surface area contributed by atoms with Crippen LogP contribution in [0.5, 0.6) is 11.5 Å². The fraction of sp³-hybridized carbons (Fsp3) is 0.625. The van der Waals surface area contributed by atoms with Gasteiger partial charge in [0.25, 0.3) is 0 Å². The maximum atomic E-state index is 9.93. The van der Waals surface area contributed by atoms with Gasteiger partial charge < -0.3 is 41.4 Å². The Balaban J connectivity index is 0.00000264. The molecule has 1 saturated heterocycles. The zero-order valence-corrected chi connectivity index (χ0v) is 14.3. The molecule has 6 nitrogen and oxygen atoms in total. The van der Waals surface area contributed by atoms with Crippen LogP contribution in [0.4, 0.5) is 0 Å². The lowest BCUT2D eigenvalue weighted by Crippen LogP contribution is -3.15. The quantitative estimate of drug-likeness (QED) is 0.452. The van der Waals surface area contributed by atoms with E-state index in [2.05, 4.69) is 0 Å². The van der Waals surface area contributed by atoms with Gasteiger partial charge in [-0.05, 0) is 24.3 Å². The normalized spacial score (nSPS) is 16.4. The Morgan fingerprint density at radius 1 is 1.13 bits per heavy atom. The van der Waals surface area contributed by atoms with E-state index in [0.29, 0.717) is 26.4 Å². The summed E-state index contributed by atoms with van der Waals surface area (Å²) < 4.78 is 21.4. The Morgan fingerprint density at radius 2 is 1.78 bits per heavy atom. The average Bonchev–Trinajstić information content (AvgIpc) is 2.56. The van der Waals surface area contributed by atoms with E-state index in [4.69, 9.17) is 18.9 Å². The van der Waals surface area contributed by atoms with Gasteiger partial charge in [-0.1, -0.05) is 0 Å². The van der Waals surface area contributed by atoms with Crippen LogP contribution < -0.4 is 26.8 Å². The molecule has 1 atom stereocenters. The predicted octanol–water partition coefficient (Wildman–Crippen LogP) is -3.63. The molecule has 0 radical (unpaired) electrons. The molecule has 1 aliphatic heterocycles. The van der Waals surface area contributed by atoms with Crippen molar-refractivity contribution in [2.75, 3.05) is 59.8 Å². The number of ether oxygens (including phenoxy) is 4. The summed E-state index contributed by atoms with van der Waals surface area (Å²) in [5.41, 5.74) is 0. The third-order valence-electron chi connectivity index (χ3n) is 3.59. The minimum Gasteiger partial charge on any atom is -1.00 e. The second-order valence-electron chi connectivity index (χ2n) is 5.32. The van der Waals surface area contributed by atoms with Gasteiger partial charge in [-0.15, -0.1) is 0 Å². The third-order valence-corrected chi connectivity index (χ3v) is 3.59. The molecule has 1 unspecified atom stereocenters. The highest BCUT2D eigenvalue weighted by Gasteiger charge is 2.18. The molecule has 1 aliphatic rings. The van der Waals surface area contributed by atoms with Crippen molar-refractivity contribution < 1.29 is 41.4 Å². The van der Waals surface area contributed by atoms with Crippen LogP contribution in [-0.2, 0) is 9.47 Å². The first-order chi connectivity index (χ1) is 10.8. The average molecular weight is 348 g/mol. The number of quaternary nitrogens is 1. The number of rotatable bonds is 9. The number of halogens is 1. The largest absolute Gasteiger partial charge is 1.00 e. The molecule has 1 aromatic carbocycles.